The lowest BCUT2D eigenvalue weighted by atomic mass is 9.80. The van der Waals surface area contributed by atoms with Gasteiger partial charge in [0.05, 0.1) is 27.4 Å². The monoisotopic (exact) mass is 507 g/mol. The van der Waals surface area contributed by atoms with Gasteiger partial charge in [0.2, 0.25) is 11.8 Å². The van der Waals surface area contributed by atoms with E-state index in [1.54, 1.807) is 25.5 Å². The summed E-state index contributed by atoms with van der Waals surface area (Å²) in [6, 6.07) is 3.28. The zero-order chi connectivity index (χ0) is 25.4. The molecule has 5 rings (SSSR count). The van der Waals surface area contributed by atoms with E-state index in [2.05, 4.69) is 19.9 Å². The van der Waals surface area contributed by atoms with Gasteiger partial charge in [-0.1, -0.05) is 11.3 Å². The molecule has 3 aromatic heterocycles. The van der Waals surface area contributed by atoms with Crippen LogP contribution in [0.3, 0.4) is 0 Å². The van der Waals surface area contributed by atoms with Crippen molar-refractivity contribution in [3.63, 3.8) is 0 Å². The Labute approximate surface area is 210 Å². The number of nitrogens with zero attached hydrogens (tertiary/aromatic N) is 6. The van der Waals surface area contributed by atoms with Crippen molar-refractivity contribution in [3.05, 3.63) is 37.0 Å². The molecule has 0 atom stereocenters. The predicted molar refractivity (Wildman–Crippen MR) is 136 cm³/mol. The fourth-order valence-electron chi connectivity index (χ4n) is 4.25. The van der Waals surface area contributed by atoms with Gasteiger partial charge in [-0.2, -0.15) is 0 Å². The number of aliphatic carboxylic acids is 1. The highest BCUT2D eigenvalue weighted by molar-refractivity contribution is 7.23. The van der Waals surface area contributed by atoms with Gasteiger partial charge in [0.15, 0.2) is 5.13 Å². The molecule has 0 spiro atoms. The number of anilines is 2. The van der Waals surface area contributed by atoms with E-state index >= 15 is 0 Å². The van der Waals surface area contributed by atoms with E-state index in [-0.39, 0.29) is 0 Å². The van der Waals surface area contributed by atoms with Gasteiger partial charge >= 0.3 is 12.0 Å². The summed E-state index contributed by atoms with van der Waals surface area (Å²) in [5.74, 6) is 0.237. The summed E-state index contributed by atoms with van der Waals surface area (Å²) in [7, 11) is 0. The summed E-state index contributed by atoms with van der Waals surface area (Å²) in [5.41, 5.74) is 7.83. The van der Waals surface area contributed by atoms with Gasteiger partial charge in [0, 0.05) is 37.6 Å². The van der Waals surface area contributed by atoms with Crippen LogP contribution in [0.1, 0.15) is 26.7 Å². The number of oxazole rings is 1. The topological polar surface area (TPSA) is 152 Å². The number of primary amides is 1. The smallest absolute Gasteiger partial charge is 0.321 e. The number of amides is 2. The van der Waals surface area contributed by atoms with E-state index in [0.29, 0.717) is 55.0 Å². The molecule has 2 amide bonds. The van der Waals surface area contributed by atoms with Crippen LogP contribution in [0.2, 0.25) is 0 Å². The minimum atomic E-state index is -0.765. The normalized spacial score (nSPS) is 15.2. The highest BCUT2D eigenvalue weighted by Crippen LogP contribution is 2.39. The minimum Gasteiger partial charge on any atom is -0.481 e. The quantitative estimate of drug-likeness (QED) is 0.394. The van der Waals surface area contributed by atoms with Crippen molar-refractivity contribution in [1.82, 2.24) is 19.9 Å². The number of carbonyl (C=O) groups is 2. The molecule has 1 aliphatic rings. The number of carboxylic acids is 1. The molecule has 0 bridgehead atoms. The number of rotatable bonds is 6. The lowest BCUT2D eigenvalue weighted by molar-refractivity contribution is -0.149. The summed E-state index contributed by atoms with van der Waals surface area (Å²) in [6.07, 6.45) is 7.63. The number of carboxylic acid groups (broad SMARTS) is 1. The van der Waals surface area contributed by atoms with Crippen molar-refractivity contribution in [2.45, 2.75) is 26.7 Å². The van der Waals surface area contributed by atoms with Gasteiger partial charge < -0.3 is 20.2 Å². The van der Waals surface area contributed by atoms with E-state index in [0.717, 1.165) is 21.4 Å². The van der Waals surface area contributed by atoms with Crippen LogP contribution in [-0.2, 0) is 4.79 Å². The predicted octanol–water partition coefficient (Wildman–Crippen LogP) is 4.00. The first kappa shape index (κ1) is 23.7. The fraction of sp³-hybridized carbons (Fsp3) is 0.333. The standard InChI is InChI=1S/C24H25N7O4S/c1-3-31(21(25)34)23-29-17-11-14(10-16(18(17)36-23)19-26-6-9-35-19)15-12-27-22(28-13-15)30-7-4-24(2,5-8-30)20(32)33/h6,9-13H,3-5,7-8H2,1-2H3,(H2,25,34)(H,32,33). The first-order valence-corrected chi connectivity index (χ1v) is 12.3. The third-order valence-electron chi connectivity index (χ3n) is 6.59. The molecule has 1 saturated heterocycles. The molecule has 1 fully saturated rings. The Morgan fingerprint density at radius 1 is 1.19 bits per heavy atom. The first-order chi connectivity index (χ1) is 17.3. The number of hydrogen-bond acceptors (Lipinski definition) is 9. The molecule has 0 unspecified atom stereocenters. The number of nitrogens with two attached hydrogens (primary N) is 1. The maximum absolute atomic E-state index is 11.9. The average molecular weight is 508 g/mol. The molecule has 4 heterocycles. The molecule has 11 nitrogen and oxygen atoms in total. The van der Waals surface area contributed by atoms with Gasteiger partial charge in [-0.3, -0.25) is 9.69 Å². The zero-order valence-corrected chi connectivity index (χ0v) is 20.7. The molecular formula is C24H25N7O4S. The van der Waals surface area contributed by atoms with E-state index in [1.165, 1.54) is 22.5 Å². The largest absolute Gasteiger partial charge is 0.481 e. The van der Waals surface area contributed by atoms with Gasteiger partial charge in [-0.15, -0.1) is 0 Å². The van der Waals surface area contributed by atoms with Crippen molar-refractivity contribution in [2.75, 3.05) is 29.4 Å². The summed E-state index contributed by atoms with van der Waals surface area (Å²) >= 11 is 1.34. The molecule has 1 aromatic carbocycles. The number of aromatic nitrogens is 4. The van der Waals surface area contributed by atoms with Crippen LogP contribution < -0.4 is 15.5 Å². The summed E-state index contributed by atoms with van der Waals surface area (Å²) < 4.78 is 6.40. The lowest BCUT2D eigenvalue weighted by Gasteiger charge is -2.36. The van der Waals surface area contributed by atoms with Gasteiger partial charge in [-0.05, 0) is 44.4 Å². The SMILES string of the molecule is CCN(C(N)=O)c1nc2cc(-c3cnc(N4CCC(C)(C(=O)O)CC4)nc3)cc(-c3ncco3)c2s1. The van der Waals surface area contributed by atoms with Crippen molar-refractivity contribution in [2.24, 2.45) is 11.1 Å². The second-order valence-corrected chi connectivity index (χ2v) is 9.89. The Morgan fingerprint density at radius 3 is 2.50 bits per heavy atom. The molecule has 0 saturated carbocycles. The van der Waals surface area contributed by atoms with E-state index in [4.69, 9.17) is 10.2 Å². The van der Waals surface area contributed by atoms with Crippen molar-refractivity contribution >= 4 is 44.6 Å². The molecule has 36 heavy (non-hydrogen) atoms. The Morgan fingerprint density at radius 2 is 1.92 bits per heavy atom. The number of urea groups is 1. The second kappa shape index (κ2) is 9.19. The number of piperidine rings is 1. The number of thiazole rings is 1. The number of fused-ring (bicyclic) bond motifs is 1. The van der Waals surface area contributed by atoms with Crippen molar-refractivity contribution < 1.29 is 19.1 Å². The molecular weight excluding hydrogens is 482 g/mol. The Kier molecular flexibility index (Phi) is 6.04. The molecule has 4 aromatic rings. The number of benzene rings is 1. The van der Waals surface area contributed by atoms with Crippen LogP contribution in [0.25, 0.3) is 32.8 Å². The highest BCUT2D eigenvalue weighted by Gasteiger charge is 2.37. The number of carbonyl (C=O) groups excluding carboxylic acids is 1. The third kappa shape index (κ3) is 4.24. The van der Waals surface area contributed by atoms with Crippen LogP contribution in [0.5, 0.6) is 0 Å². The van der Waals surface area contributed by atoms with Crippen molar-refractivity contribution in [1.29, 1.82) is 0 Å². The number of hydrogen-bond donors (Lipinski definition) is 2. The third-order valence-corrected chi connectivity index (χ3v) is 7.72. The Bertz CT molecular complexity index is 1410. The Hall–Kier alpha value is -4.06. The van der Waals surface area contributed by atoms with E-state index in [9.17, 15) is 14.7 Å². The van der Waals surface area contributed by atoms with Crippen LogP contribution in [0.15, 0.2) is 41.4 Å². The fourth-order valence-corrected chi connectivity index (χ4v) is 5.37. The minimum absolute atomic E-state index is 0.397. The summed E-state index contributed by atoms with van der Waals surface area (Å²) in [4.78, 5) is 44.9. The van der Waals surface area contributed by atoms with Gasteiger partial charge in [-0.25, -0.2) is 24.7 Å². The molecule has 12 heteroatoms. The molecule has 3 N–H and O–H groups in total. The Balaban J connectivity index is 1.48. The molecule has 186 valence electrons. The summed E-state index contributed by atoms with van der Waals surface area (Å²) in [6.45, 7) is 5.18. The summed E-state index contributed by atoms with van der Waals surface area (Å²) in [5, 5.41) is 9.96. The van der Waals surface area contributed by atoms with Gasteiger partial charge in [0.25, 0.3) is 0 Å². The first-order valence-electron chi connectivity index (χ1n) is 11.5. The zero-order valence-electron chi connectivity index (χ0n) is 19.8. The van der Waals surface area contributed by atoms with Crippen molar-refractivity contribution in [3.8, 4) is 22.6 Å². The van der Waals surface area contributed by atoms with Crippen LogP contribution in [0.4, 0.5) is 15.9 Å². The second-order valence-electron chi connectivity index (χ2n) is 8.91. The molecule has 0 radical (unpaired) electrons. The maximum Gasteiger partial charge on any atom is 0.321 e. The molecule has 1 aliphatic heterocycles. The highest BCUT2D eigenvalue weighted by atomic mass is 32.1. The van der Waals surface area contributed by atoms with Gasteiger partial charge in [0.1, 0.15) is 6.26 Å². The maximum atomic E-state index is 11.9. The van der Waals surface area contributed by atoms with E-state index < -0.39 is 17.4 Å². The van der Waals surface area contributed by atoms with Crippen LogP contribution >= 0.6 is 11.3 Å². The van der Waals surface area contributed by atoms with E-state index in [1.807, 2.05) is 24.0 Å². The van der Waals surface area contributed by atoms with Crippen LogP contribution in [-0.4, -0.2) is 56.7 Å². The molecule has 0 aliphatic carbocycles. The average Bonchev–Trinajstić information content (AvgIpc) is 3.54. The lowest BCUT2D eigenvalue weighted by Crippen LogP contribution is -2.43. The van der Waals surface area contributed by atoms with Crippen LogP contribution in [0, 0.1) is 5.41 Å².